The van der Waals surface area contributed by atoms with E-state index in [9.17, 15) is 13.2 Å². The zero-order valence-electron chi connectivity index (χ0n) is 12.8. The van der Waals surface area contributed by atoms with Crippen molar-refractivity contribution in [1.82, 2.24) is 9.38 Å². The number of fused-ring (bicyclic) bond motifs is 1. The van der Waals surface area contributed by atoms with Gasteiger partial charge in [0.1, 0.15) is 5.82 Å². The van der Waals surface area contributed by atoms with Crippen LogP contribution in [-0.4, -0.2) is 15.6 Å². The average molecular weight is 329 g/mol. The van der Waals surface area contributed by atoms with Gasteiger partial charge in [-0.25, -0.2) is 4.98 Å². The Bertz CT molecular complexity index is 936. The van der Waals surface area contributed by atoms with Gasteiger partial charge >= 0.3 is 6.18 Å². The number of benzene rings is 1. The first-order chi connectivity index (χ1) is 11.5. The van der Waals surface area contributed by atoms with Crippen LogP contribution in [-0.2, 0) is 6.18 Å². The van der Waals surface area contributed by atoms with Gasteiger partial charge in [-0.05, 0) is 24.6 Å². The summed E-state index contributed by atoms with van der Waals surface area (Å²) >= 11 is 0. The van der Waals surface area contributed by atoms with Gasteiger partial charge in [0.25, 0.3) is 0 Å². The fourth-order valence-electron chi connectivity index (χ4n) is 2.71. The Hall–Kier alpha value is -2.89. The topological polar surface area (TPSA) is 41.2 Å². The maximum atomic E-state index is 13.3. The fourth-order valence-corrected chi connectivity index (χ4v) is 2.71. The molecule has 0 unspecified atom stereocenters. The second-order valence-corrected chi connectivity index (χ2v) is 5.19. The van der Waals surface area contributed by atoms with Gasteiger partial charge in [-0.2, -0.15) is 13.2 Å². The monoisotopic (exact) mass is 329 g/mol. The zero-order chi connectivity index (χ0) is 17.3. The number of hydrogen-bond donors (Lipinski definition) is 1. The van der Waals surface area contributed by atoms with Gasteiger partial charge in [-0.3, -0.25) is 4.40 Å². The van der Waals surface area contributed by atoms with E-state index in [1.807, 2.05) is 6.07 Å². The van der Waals surface area contributed by atoms with E-state index in [0.29, 0.717) is 11.1 Å². The Balaban J connectivity index is 2.28. The molecule has 0 atom stereocenters. The molecule has 24 heavy (non-hydrogen) atoms. The summed E-state index contributed by atoms with van der Waals surface area (Å²) in [5.41, 5.74) is 1.38. The number of allylic oxidation sites excluding steroid dienone is 2. The summed E-state index contributed by atoms with van der Waals surface area (Å²) in [7, 11) is 0. The number of imidazole rings is 1. The summed E-state index contributed by atoms with van der Waals surface area (Å²) in [6.45, 7) is 1.81. The Kier molecular flexibility index (Phi) is 3.97. The normalized spacial score (nSPS) is 12.6. The zero-order valence-corrected chi connectivity index (χ0v) is 12.8. The Morgan fingerprint density at radius 2 is 1.92 bits per heavy atom. The number of hydrogen-bond acceptors (Lipinski definition) is 2. The molecule has 0 saturated heterocycles. The van der Waals surface area contributed by atoms with Crippen molar-refractivity contribution in [3.63, 3.8) is 0 Å². The lowest BCUT2D eigenvalue weighted by atomic mass is 10.1. The van der Waals surface area contributed by atoms with Crippen LogP contribution >= 0.6 is 0 Å². The molecule has 6 heteroatoms. The van der Waals surface area contributed by atoms with Crippen LogP contribution in [0.1, 0.15) is 18.1 Å². The summed E-state index contributed by atoms with van der Waals surface area (Å²) in [6, 6.07) is 8.94. The van der Waals surface area contributed by atoms with Crippen molar-refractivity contribution in [2.45, 2.75) is 13.1 Å². The van der Waals surface area contributed by atoms with Crippen molar-refractivity contribution in [3.05, 3.63) is 66.0 Å². The summed E-state index contributed by atoms with van der Waals surface area (Å²) in [5, 5.41) is 7.49. The molecule has 1 aromatic carbocycles. The third-order valence-corrected chi connectivity index (χ3v) is 3.82. The molecule has 3 rings (SSSR count). The summed E-state index contributed by atoms with van der Waals surface area (Å²) in [5.74, 6) is 0.222. The summed E-state index contributed by atoms with van der Waals surface area (Å²) in [6.07, 6.45) is 1.74. The number of halogens is 3. The van der Waals surface area contributed by atoms with Crippen LogP contribution in [0.15, 0.2) is 54.9 Å². The molecule has 0 radical (unpaired) electrons. The van der Waals surface area contributed by atoms with Gasteiger partial charge < -0.3 is 5.41 Å². The highest BCUT2D eigenvalue weighted by Crippen LogP contribution is 2.37. The predicted molar refractivity (Wildman–Crippen MR) is 88.1 cm³/mol. The smallest absolute Gasteiger partial charge is 0.308 e. The maximum absolute atomic E-state index is 13.3. The van der Waals surface area contributed by atoms with E-state index < -0.39 is 11.7 Å². The SMILES string of the molecule is C/C=C(\C=N)c1cccn2c(-c3ccccc3C(F)(F)F)ncc12. The van der Waals surface area contributed by atoms with Crippen LogP contribution in [0.5, 0.6) is 0 Å². The Morgan fingerprint density at radius 1 is 1.17 bits per heavy atom. The van der Waals surface area contributed by atoms with E-state index in [1.54, 1.807) is 35.7 Å². The van der Waals surface area contributed by atoms with Gasteiger partial charge in [0, 0.05) is 23.5 Å². The van der Waals surface area contributed by atoms with Crippen molar-refractivity contribution in [2.75, 3.05) is 0 Å². The van der Waals surface area contributed by atoms with Crippen LogP contribution in [0.4, 0.5) is 13.2 Å². The molecule has 0 aliphatic rings. The van der Waals surface area contributed by atoms with E-state index >= 15 is 0 Å². The molecule has 2 aromatic heterocycles. The lowest BCUT2D eigenvalue weighted by Gasteiger charge is -2.12. The van der Waals surface area contributed by atoms with E-state index in [1.165, 1.54) is 24.5 Å². The number of aromatic nitrogens is 2. The molecule has 0 fully saturated rings. The molecular formula is C18H14F3N3. The first-order valence-electron chi connectivity index (χ1n) is 7.27. The average Bonchev–Trinajstić information content (AvgIpc) is 3.00. The molecule has 3 aromatic rings. The highest BCUT2D eigenvalue weighted by molar-refractivity contribution is 6.11. The number of nitrogens with one attached hydrogen (secondary N) is 1. The number of rotatable bonds is 3. The number of pyridine rings is 1. The van der Waals surface area contributed by atoms with Crippen molar-refractivity contribution < 1.29 is 13.2 Å². The molecule has 0 saturated carbocycles. The van der Waals surface area contributed by atoms with Crippen LogP contribution in [0.3, 0.4) is 0 Å². The van der Waals surface area contributed by atoms with Crippen molar-refractivity contribution in [3.8, 4) is 11.4 Å². The molecule has 0 amide bonds. The molecule has 3 nitrogen and oxygen atoms in total. The summed E-state index contributed by atoms with van der Waals surface area (Å²) in [4.78, 5) is 4.21. The molecule has 2 heterocycles. The van der Waals surface area contributed by atoms with Crippen LogP contribution in [0.25, 0.3) is 22.5 Å². The lowest BCUT2D eigenvalue weighted by Crippen LogP contribution is -2.08. The highest BCUT2D eigenvalue weighted by Gasteiger charge is 2.34. The van der Waals surface area contributed by atoms with E-state index in [2.05, 4.69) is 4.98 Å². The number of alkyl halides is 3. The predicted octanol–water partition coefficient (Wildman–Crippen LogP) is 5.07. The molecular weight excluding hydrogens is 315 g/mol. The van der Waals surface area contributed by atoms with Gasteiger partial charge in [-0.1, -0.05) is 30.3 Å². The molecule has 0 aliphatic heterocycles. The molecule has 0 aliphatic carbocycles. The number of nitrogens with zero attached hydrogens (tertiary/aromatic N) is 2. The van der Waals surface area contributed by atoms with Gasteiger partial charge in [0.05, 0.1) is 17.3 Å². The van der Waals surface area contributed by atoms with Gasteiger partial charge in [0.15, 0.2) is 0 Å². The van der Waals surface area contributed by atoms with Crippen molar-refractivity contribution in [2.24, 2.45) is 0 Å². The van der Waals surface area contributed by atoms with Crippen LogP contribution in [0.2, 0.25) is 0 Å². The molecule has 1 N–H and O–H groups in total. The molecule has 0 bridgehead atoms. The van der Waals surface area contributed by atoms with Crippen LogP contribution < -0.4 is 0 Å². The third kappa shape index (κ3) is 2.60. The van der Waals surface area contributed by atoms with E-state index in [4.69, 9.17) is 5.41 Å². The minimum absolute atomic E-state index is 0.0269. The third-order valence-electron chi connectivity index (χ3n) is 3.82. The first kappa shape index (κ1) is 16.0. The standard InChI is InChI=1S/C18H14F3N3/c1-2-12(10-22)13-7-5-9-24-16(13)11-23-17(24)14-6-3-4-8-15(14)18(19,20)21/h2-11,22H,1H3/b12-2+,22-10?. The second kappa shape index (κ2) is 5.96. The Morgan fingerprint density at radius 3 is 2.58 bits per heavy atom. The lowest BCUT2D eigenvalue weighted by molar-refractivity contribution is -0.137. The quantitative estimate of drug-likeness (QED) is 0.669. The van der Waals surface area contributed by atoms with E-state index in [-0.39, 0.29) is 11.4 Å². The maximum Gasteiger partial charge on any atom is 0.417 e. The summed E-state index contributed by atoms with van der Waals surface area (Å²) < 4.78 is 41.5. The minimum atomic E-state index is -4.45. The van der Waals surface area contributed by atoms with Crippen molar-refractivity contribution >= 4 is 17.3 Å². The first-order valence-corrected chi connectivity index (χ1v) is 7.27. The largest absolute Gasteiger partial charge is 0.417 e. The minimum Gasteiger partial charge on any atom is -0.308 e. The Labute approximate surface area is 136 Å². The van der Waals surface area contributed by atoms with Crippen molar-refractivity contribution in [1.29, 1.82) is 5.41 Å². The second-order valence-electron chi connectivity index (χ2n) is 5.19. The molecule has 122 valence electrons. The molecule has 0 spiro atoms. The van der Waals surface area contributed by atoms with Gasteiger partial charge in [0.2, 0.25) is 0 Å². The van der Waals surface area contributed by atoms with Gasteiger partial charge in [-0.15, -0.1) is 0 Å². The highest BCUT2D eigenvalue weighted by atomic mass is 19.4. The van der Waals surface area contributed by atoms with E-state index in [0.717, 1.165) is 11.6 Å². The fraction of sp³-hybridized carbons (Fsp3) is 0.111. The van der Waals surface area contributed by atoms with Crippen LogP contribution in [0, 0.1) is 5.41 Å².